The molecule has 0 nitrogen and oxygen atoms in total. The summed E-state index contributed by atoms with van der Waals surface area (Å²) in [7, 11) is 0. The Bertz CT molecular complexity index is 506. The van der Waals surface area contributed by atoms with Crippen LogP contribution in [0.3, 0.4) is 0 Å². The van der Waals surface area contributed by atoms with Crippen LogP contribution < -0.4 is 0 Å². The largest absolute Gasteiger partial charge is 0.0801 e. The minimum absolute atomic E-state index is 0.985. The summed E-state index contributed by atoms with van der Waals surface area (Å²) in [5, 5.41) is 0. The Kier molecular flexibility index (Phi) is 6.13. The Labute approximate surface area is 121 Å². The molecule has 0 fully saturated rings. The van der Waals surface area contributed by atoms with Crippen molar-refractivity contribution in [1.29, 1.82) is 0 Å². The van der Waals surface area contributed by atoms with Crippen LogP contribution >= 0.6 is 0 Å². The highest BCUT2D eigenvalue weighted by atomic mass is 13.9. The van der Waals surface area contributed by atoms with Crippen LogP contribution in [-0.2, 0) is 12.8 Å². The average Bonchev–Trinajstić information content (AvgIpc) is 2.52. The molecule has 0 spiro atoms. The van der Waals surface area contributed by atoms with Gasteiger partial charge in [-0.3, -0.25) is 0 Å². The fraction of sp³-hybridized carbons (Fsp3) is 0.100. The van der Waals surface area contributed by atoms with Crippen molar-refractivity contribution in [3.05, 3.63) is 108 Å². The Balaban J connectivity index is 1.69. The van der Waals surface area contributed by atoms with Gasteiger partial charge in [0.1, 0.15) is 0 Å². The molecular weight excluding hydrogens is 240 g/mol. The van der Waals surface area contributed by atoms with Gasteiger partial charge in [-0.15, -0.1) is 0 Å². The maximum atomic E-state index is 2.18. The minimum Gasteiger partial charge on any atom is -0.0801 e. The summed E-state index contributed by atoms with van der Waals surface area (Å²) in [6.07, 6.45) is 14.7. The van der Waals surface area contributed by atoms with Crippen molar-refractivity contribution in [2.45, 2.75) is 12.8 Å². The molecule has 2 aromatic carbocycles. The molecule has 20 heavy (non-hydrogen) atoms. The van der Waals surface area contributed by atoms with Gasteiger partial charge < -0.3 is 0 Å². The van der Waals surface area contributed by atoms with Gasteiger partial charge in [0, 0.05) is 0 Å². The summed E-state index contributed by atoms with van der Waals surface area (Å²) in [5.74, 6) is 0. The van der Waals surface area contributed by atoms with Crippen LogP contribution in [0.4, 0.5) is 0 Å². The standard InChI is InChI=1S/C20H20/c1(3-7-13-19-15-9-5-10-16-19)2-4-8-14-20-17-11-6-12-18-20/h1-12,15-18H,13-14H2/b2-1+,7-3+,8-4+. The Hall–Kier alpha value is -2.34. The number of hydrogen-bond acceptors (Lipinski definition) is 0. The van der Waals surface area contributed by atoms with E-state index in [1.54, 1.807) is 0 Å². The first-order valence-corrected chi connectivity index (χ1v) is 7.01. The van der Waals surface area contributed by atoms with Crippen molar-refractivity contribution in [1.82, 2.24) is 0 Å². The number of allylic oxidation sites excluding steroid dienone is 6. The Morgan fingerprint density at radius 1 is 0.500 bits per heavy atom. The molecule has 2 rings (SSSR count). The maximum absolute atomic E-state index is 2.18. The summed E-state index contributed by atoms with van der Waals surface area (Å²) in [4.78, 5) is 0. The molecule has 100 valence electrons. The molecule has 0 atom stereocenters. The molecule has 0 saturated carbocycles. The van der Waals surface area contributed by atoms with E-state index in [4.69, 9.17) is 0 Å². The second kappa shape index (κ2) is 8.71. The zero-order chi connectivity index (χ0) is 13.9. The summed E-state index contributed by atoms with van der Waals surface area (Å²) >= 11 is 0. The third kappa shape index (κ3) is 5.53. The lowest BCUT2D eigenvalue weighted by atomic mass is 10.1. The Morgan fingerprint density at radius 2 is 0.900 bits per heavy atom. The normalized spacial score (nSPS) is 11.8. The van der Waals surface area contributed by atoms with Gasteiger partial charge in [0.25, 0.3) is 0 Å². The van der Waals surface area contributed by atoms with E-state index < -0.39 is 0 Å². The van der Waals surface area contributed by atoms with E-state index in [9.17, 15) is 0 Å². The lowest BCUT2D eigenvalue weighted by Gasteiger charge is -1.93. The fourth-order valence-electron chi connectivity index (χ4n) is 1.92. The summed E-state index contributed by atoms with van der Waals surface area (Å²) in [6, 6.07) is 21.0. The molecule has 0 bridgehead atoms. The van der Waals surface area contributed by atoms with Crippen LogP contribution in [0.15, 0.2) is 97.1 Å². The maximum Gasteiger partial charge on any atom is -0.00943 e. The molecule has 0 radical (unpaired) electrons. The van der Waals surface area contributed by atoms with Crippen LogP contribution in [0.5, 0.6) is 0 Å². The van der Waals surface area contributed by atoms with E-state index >= 15 is 0 Å². The van der Waals surface area contributed by atoms with Crippen molar-refractivity contribution < 1.29 is 0 Å². The van der Waals surface area contributed by atoms with Crippen LogP contribution in [0.25, 0.3) is 0 Å². The van der Waals surface area contributed by atoms with Crippen LogP contribution in [0.1, 0.15) is 11.1 Å². The van der Waals surface area contributed by atoms with E-state index in [1.807, 2.05) is 12.1 Å². The second-order valence-electron chi connectivity index (χ2n) is 4.62. The topological polar surface area (TPSA) is 0 Å². The number of benzene rings is 2. The first-order valence-electron chi connectivity index (χ1n) is 7.01. The second-order valence-corrected chi connectivity index (χ2v) is 4.62. The predicted octanol–water partition coefficient (Wildman–Crippen LogP) is 5.14. The molecule has 0 N–H and O–H groups in total. The molecule has 0 saturated heterocycles. The molecule has 0 heteroatoms. The van der Waals surface area contributed by atoms with Crippen molar-refractivity contribution in [3.8, 4) is 0 Å². The molecule has 0 aromatic heterocycles. The SMILES string of the molecule is C(=C\C=C\Cc1ccccc1)/C=C/Cc1ccccc1. The molecule has 0 amide bonds. The van der Waals surface area contributed by atoms with Crippen molar-refractivity contribution in [2.24, 2.45) is 0 Å². The lowest BCUT2D eigenvalue weighted by Crippen LogP contribution is -1.77. The van der Waals surface area contributed by atoms with Gasteiger partial charge >= 0.3 is 0 Å². The first kappa shape index (κ1) is 14.1. The highest BCUT2D eigenvalue weighted by molar-refractivity contribution is 5.21. The zero-order valence-corrected chi connectivity index (χ0v) is 11.7. The average molecular weight is 260 g/mol. The van der Waals surface area contributed by atoms with Crippen molar-refractivity contribution in [3.63, 3.8) is 0 Å². The zero-order valence-electron chi connectivity index (χ0n) is 11.7. The monoisotopic (exact) mass is 260 g/mol. The molecule has 0 aliphatic rings. The molecule has 0 unspecified atom stereocenters. The van der Waals surface area contributed by atoms with Gasteiger partial charge in [-0.1, -0.05) is 97.1 Å². The smallest absolute Gasteiger partial charge is 0.00943 e. The van der Waals surface area contributed by atoms with Crippen molar-refractivity contribution in [2.75, 3.05) is 0 Å². The molecule has 0 aliphatic carbocycles. The van der Waals surface area contributed by atoms with Gasteiger partial charge in [0.2, 0.25) is 0 Å². The van der Waals surface area contributed by atoms with Crippen LogP contribution in [-0.4, -0.2) is 0 Å². The molecule has 2 aromatic rings. The quantitative estimate of drug-likeness (QED) is 0.631. The predicted molar refractivity (Wildman–Crippen MR) is 87.7 cm³/mol. The van der Waals surface area contributed by atoms with Gasteiger partial charge in [-0.05, 0) is 24.0 Å². The third-order valence-corrected chi connectivity index (χ3v) is 3.00. The van der Waals surface area contributed by atoms with Gasteiger partial charge in [-0.2, -0.15) is 0 Å². The van der Waals surface area contributed by atoms with Gasteiger partial charge in [0.05, 0.1) is 0 Å². The van der Waals surface area contributed by atoms with Crippen LogP contribution in [0, 0.1) is 0 Å². The van der Waals surface area contributed by atoms with Crippen LogP contribution in [0.2, 0.25) is 0 Å². The number of rotatable bonds is 6. The fourth-order valence-corrected chi connectivity index (χ4v) is 1.92. The number of hydrogen-bond donors (Lipinski definition) is 0. The van der Waals surface area contributed by atoms with Crippen molar-refractivity contribution >= 4 is 0 Å². The third-order valence-electron chi connectivity index (χ3n) is 3.00. The Morgan fingerprint density at radius 3 is 1.30 bits per heavy atom. The van der Waals surface area contributed by atoms with Gasteiger partial charge in [0.15, 0.2) is 0 Å². The van der Waals surface area contributed by atoms with E-state index in [-0.39, 0.29) is 0 Å². The molecular formula is C20H20. The lowest BCUT2D eigenvalue weighted by molar-refractivity contribution is 1.27. The minimum atomic E-state index is 0.985. The summed E-state index contributed by atoms with van der Waals surface area (Å²) in [5.41, 5.74) is 2.69. The van der Waals surface area contributed by atoms with E-state index in [0.29, 0.717) is 0 Å². The highest BCUT2D eigenvalue weighted by Gasteiger charge is 1.85. The molecule has 0 heterocycles. The first-order chi connectivity index (χ1) is 9.95. The van der Waals surface area contributed by atoms with E-state index in [2.05, 4.69) is 85.0 Å². The summed E-state index contributed by atoms with van der Waals surface area (Å²) < 4.78 is 0. The van der Waals surface area contributed by atoms with Gasteiger partial charge in [-0.25, -0.2) is 0 Å². The summed E-state index contributed by atoms with van der Waals surface area (Å²) in [6.45, 7) is 0. The molecule has 0 aliphatic heterocycles. The highest BCUT2D eigenvalue weighted by Crippen LogP contribution is 2.01. The van der Waals surface area contributed by atoms with E-state index in [0.717, 1.165) is 12.8 Å². The van der Waals surface area contributed by atoms with E-state index in [1.165, 1.54) is 11.1 Å².